The third-order valence-electron chi connectivity index (χ3n) is 5.27. The molecule has 0 atom stereocenters. The van der Waals surface area contributed by atoms with Gasteiger partial charge in [-0.25, -0.2) is 0 Å². The molecule has 1 heterocycles. The first-order chi connectivity index (χ1) is 16.9. The molecule has 182 valence electrons. The highest BCUT2D eigenvalue weighted by Gasteiger charge is 2.13. The number of benzene rings is 2. The van der Waals surface area contributed by atoms with Gasteiger partial charge in [0, 0.05) is 34.8 Å². The first-order valence-electron chi connectivity index (χ1n) is 11.3. The number of carbonyl (C=O) groups excluding carboxylic acids is 2. The largest absolute Gasteiger partial charge is 0.493 e. The number of allylic oxidation sites excluding steroid dienone is 4. The minimum atomic E-state index is -0.542. The van der Waals surface area contributed by atoms with Gasteiger partial charge in [0.1, 0.15) is 5.71 Å². The second-order valence-corrected chi connectivity index (χ2v) is 7.72. The van der Waals surface area contributed by atoms with Gasteiger partial charge in [-0.3, -0.25) is 15.0 Å². The summed E-state index contributed by atoms with van der Waals surface area (Å²) in [6, 6.07) is 12.1. The first-order valence-corrected chi connectivity index (χ1v) is 11.3. The van der Waals surface area contributed by atoms with Gasteiger partial charge in [-0.15, -0.1) is 0 Å². The van der Waals surface area contributed by atoms with Crippen molar-refractivity contribution in [2.24, 2.45) is 0 Å². The molecular formula is C27H30N4O4. The molecule has 0 spiro atoms. The van der Waals surface area contributed by atoms with Crippen molar-refractivity contribution in [1.29, 1.82) is 5.41 Å². The van der Waals surface area contributed by atoms with E-state index in [1.807, 2.05) is 43.4 Å². The number of methoxy groups -OCH3 is 2. The molecule has 4 N–H and O–H groups in total. The zero-order chi connectivity index (χ0) is 25.2. The standard InChI is InChI=1S/C27H30N4O4/c1-4-29-26(32)18-10-13-20(14-11-18)31-27(33)22(28)17-21-8-6-5-7-9-23(30-21)19-12-15-24(34-2)25(16-19)35-3/h5,7,9-17,28,30H,4,6,8H2,1-3H3,(H,29,32)(H,31,33)/b7-5-,21-17-,23-9-,28-22?. The van der Waals surface area contributed by atoms with E-state index in [1.165, 1.54) is 6.08 Å². The maximum Gasteiger partial charge on any atom is 0.273 e. The van der Waals surface area contributed by atoms with Crippen LogP contribution >= 0.6 is 0 Å². The molecule has 0 unspecified atom stereocenters. The van der Waals surface area contributed by atoms with Crippen molar-refractivity contribution in [3.63, 3.8) is 0 Å². The lowest BCUT2D eigenvalue weighted by molar-refractivity contribution is -0.110. The Hall–Kier alpha value is -4.33. The van der Waals surface area contributed by atoms with Crippen LogP contribution in [0.5, 0.6) is 11.5 Å². The Labute approximate surface area is 205 Å². The van der Waals surface area contributed by atoms with Crippen LogP contribution in [0.15, 0.2) is 72.5 Å². The molecule has 0 aliphatic carbocycles. The van der Waals surface area contributed by atoms with Crippen LogP contribution in [0.2, 0.25) is 0 Å². The average Bonchev–Trinajstić information content (AvgIpc) is 2.85. The highest BCUT2D eigenvalue weighted by Crippen LogP contribution is 2.30. The number of carbonyl (C=O) groups is 2. The number of hydrogen-bond acceptors (Lipinski definition) is 6. The monoisotopic (exact) mass is 474 g/mol. The molecular weight excluding hydrogens is 444 g/mol. The third kappa shape index (κ3) is 6.83. The van der Waals surface area contributed by atoms with Crippen molar-refractivity contribution in [3.8, 4) is 11.5 Å². The van der Waals surface area contributed by atoms with Crippen LogP contribution in [0.25, 0.3) is 5.70 Å². The molecule has 1 aliphatic rings. The second kappa shape index (κ2) is 12.2. The van der Waals surface area contributed by atoms with Crippen LogP contribution in [0, 0.1) is 5.41 Å². The fourth-order valence-corrected chi connectivity index (χ4v) is 3.46. The highest BCUT2D eigenvalue weighted by atomic mass is 16.5. The Balaban J connectivity index is 1.72. The van der Waals surface area contributed by atoms with Crippen LogP contribution in [-0.4, -0.2) is 38.3 Å². The first kappa shape index (κ1) is 25.3. The quantitative estimate of drug-likeness (QED) is 0.427. The van der Waals surface area contributed by atoms with Crippen LogP contribution in [0.1, 0.15) is 35.7 Å². The molecule has 0 saturated carbocycles. The summed E-state index contributed by atoms with van der Waals surface area (Å²) >= 11 is 0. The third-order valence-corrected chi connectivity index (χ3v) is 5.27. The summed E-state index contributed by atoms with van der Waals surface area (Å²) in [7, 11) is 3.17. The van der Waals surface area contributed by atoms with Gasteiger partial charge in [0.25, 0.3) is 11.8 Å². The van der Waals surface area contributed by atoms with Crippen LogP contribution < -0.4 is 25.4 Å². The lowest BCUT2D eigenvalue weighted by Crippen LogP contribution is -2.24. The summed E-state index contributed by atoms with van der Waals surface area (Å²) in [4.78, 5) is 24.5. The minimum Gasteiger partial charge on any atom is -0.493 e. The lowest BCUT2D eigenvalue weighted by atomic mass is 10.1. The summed E-state index contributed by atoms with van der Waals surface area (Å²) in [5.74, 6) is 0.519. The van der Waals surface area contributed by atoms with Crippen molar-refractivity contribution in [1.82, 2.24) is 10.6 Å². The molecule has 2 amide bonds. The fourth-order valence-electron chi connectivity index (χ4n) is 3.46. The van der Waals surface area contributed by atoms with Gasteiger partial charge in [0.2, 0.25) is 0 Å². The Bertz CT molecular complexity index is 1180. The molecule has 1 aliphatic heterocycles. The normalized spacial score (nSPS) is 16.5. The second-order valence-electron chi connectivity index (χ2n) is 7.72. The molecule has 2 aromatic rings. The zero-order valence-corrected chi connectivity index (χ0v) is 20.1. The lowest BCUT2D eigenvalue weighted by Gasteiger charge is -2.17. The summed E-state index contributed by atoms with van der Waals surface area (Å²) < 4.78 is 10.7. The highest BCUT2D eigenvalue weighted by molar-refractivity contribution is 6.46. The summed E-state index contributed by atoms with van der Waals surface area (Å²) in [5, 5.41) is 17.1. The Morgan fingerprint density at radius 2 is 1.83 bits per heavy atom. The molecule has 0 aromatic heterocycles. The van der Waals surface area contributed by atoms with E-state index in [1.54, 1.807) is 38.5 Å². The smallest absolute Gasteiger partial charge is 0.273 e. The molecule has 35 heavy (non-hydrogen) atoms. The number of hydrogen-bond donors (Lipinski definition) is 4. The topological polar surface area (TPSA) is 113 Å². The van der Waals surface area contributed by atoms with E-state index in [9.17, 15) is 9.59 Å². The van der Waals surface area contributed by atoms with E-state index in [2.05, 4.69) is 16.0 Å². The molecule has 8 heteroatoms. The van der Waals surface area contributed by atoms with Crippen molar-refractivity contribution in [3.05, 3.63) is 83.6 Å². The van der Waals surface area contributed by atoms with Gasteiger partial charge < -0.3 is 25.4 Å². The summed E-state index contributed by atoms with van der Waals surface area (Å²) in [5.41, 5.74) is 3.25. The van der Waals surface area contributed by atoms with Gasteiger partial charge in [0.05, 0.1) is 14.2 Å². The number of ether oxygens (including phenoxy) is 2. The van der Waals surface area contributed by atoms with Crippen molar-refractivity contribution < 1.29 is 19.1 Å². The van der Waals surface area contributed by atoms with Crippen LogP contribution in [0.3, 0.4) is 0 Å². The summed E-state index contributed by atoms with van der Waals surface area (Å²) in [6.07, 6.45) is 8.89. The van der Waals surface area contributed by atoms with Gasteiger partial charge in [-0.2, -0.15) is 0 Å². The minimum absolute atomic E-state index is 0.175. The molecule has 8 nitrogen and oxygen atoms in total. The van der Waals surface area contributed by atoms with E-state index in [-0.39, 0.29) is 11.6 Å². The average molecular weight is 475 g/mol. The number of amides is 2. The number of rotatable bonds is 8. The predicted molar refractivity (Wildman–Crippen MR) is 138 cm³/mol. The molecule has 0 bridgehead atoms. The van der Waals surface area contributed by atoms with Crippen molar-refractivity contribution >= 4 is 28.9 Å². The predicted octanol–water partition coefficient (Wildman–Crippen LogP) is 4.28. The molecule has 0 saturated heterocycles. The zero-order valence-electron chi connectivity index (χ0n) is 20.1. The number of anilines is 1. The molecule has 3 rings (SSSR count). The maximum absolute atomic E-state index is 12.6. The van der Waals surface area contributed by atoms with Gasteiger partial charge >= 0.3 is 0 Å². The summed E-state index contributed by atoms with van der Waals surface area (Å²) in [6.45, 7) is 2.39. The van der Waals surface area contributed by atoms with E-state index in [0.29, 0.717) is 35.7 Å². The Morgan fingerprint density at radius 1 is 1.09 bits per heavy atom. The Morgan fingerprint density at radius 3 is 2.51 bits per heavy atom. The van der Waals surface area contributed by atoms with Crippen LogP contribution in [0.4, 0.5) is 5.69 Å². The van der Waals surface area contributed by atoms with Crippen LogP contribution in [-0.2, 0) is 4.79 Å². The van der Waals surface area contributed by atoms with E-state index in [0.717, 1.165) is 23.4 Å². The van der Waals surface area contributed by atoms with Gasteiger partial charge in [-0.05, 0) is 74.4 Å². The van der Waals surface area contributed by atoms with E-state index < -0.39 is 5.91 Å². The van der Waals surface area contributed by atoms with E-state index >= 15 is 0 Å². The van der Waals surface area contributed by atoms with E-state index in [4.69, 9.17) is 14.9 Å². The molecule has 0 radical (unpaired) electrons. The van der Waals surface area contributed by atoms with Gasteiger partial charge in [0.15, 0.2) is 11.5 Å². The van der Waals surface area contributed by atoms with Crippen molar-refractivity contribution in [2.75, 3.05) is 26.1 Å². The Kier molecular flexibility index (Phi) is 8.83. The fraction of sp³-hybridized carbons (Fsp3) is 0.222. The van der Waals surface area contributed by atoms with Gasteiger partial charge in [-0.1, -0.05) is 12.2 Å². The maximum atomic E-state index is 12.6. The number of nitrogens with one attached hydrogen (secondary N) is 4. The van der Waals surface area contributed by atoms with Crippen molar-refractivity contribution in [2.45, 2.75) is 19.8 Å². The SMILES string of the molecule is CCNC(=O)c1ccc(NC(=O)C(=N)/C=C2/CC/C=C\C=C(\c3ccc(OC)c(OC)c3)N2)cc1. The molecule has 2 aromatic carbocycles. The molecule has 0 fully saturated rings.